The number of nitriles is 1. The first-order chi connectivity index (χ1) is 12.3. The molecule has 3 rings (SSSR count). The summed E-state index contributed by atoms with van der Waals surface area (Å²) in [4.78, 5) is 12.6. The third-order valence-corrected chi connectivity index (χ3v) is 4.12. The number of carbonyl (C=O) groups is 1. The van der Waals surface area contributed by atoms with Crippen molar-refractivity contribution in [2.24, 2.45) is 0 Å². The van der Waals surface area contributed by atoms with E-state index in [1.165, 1.54) is 0 Å². The number of nitrogens with zero attached hydrogens (tertiary/aromatic N) is 1. The van der Waals surface area contributed by atoms with E-state index in [2.05, 4.69) is 11.4 Å². The molecule has 1 N–H and O–H groups in total. The number of hydrogen-bond acceptors (Lipinski definition) is 2. The zero-order chi connectivity index (χ0) is 17.5. The number of nitrogens with one attached hydrogen (secondary N) is 1. The van der Waals surface area contributed by atoms with Crippen molar-refractivity contribution in [2.45, 2.75) is 12.3 Å². The molecule has 0 fully saturated rings. The van der Waals surface area contributed by atoms with Crippen LogP contribution >= 0.6 is 0 Å². The summed E-state index contributed by atoms with van der Waals surface area (Å²) in [5.74, 6) is -0.142. The Bertz CT molecular complexity index is 843. The fourth-order valence-corrected chi connectivity index (χ4v) is 2.88. The number of anilines is 1. The molecule has 0 heterocycles. The van der Waals surface area contributed by atoms with Gasteiger partial charge in [0.1, 0.15) is 6.07 Å². The quantitative estimate of drug-likeness (QED) is 0.737. The molecule has 0 bridgehead atoms. The minimum Gasteiger partial charge on any atom is -0.325 e. The Hall–Kier alpha value is -3.38. The largest absolute Gasteiger partial charge is 0.325 e. The van der Waals surface area contributed by atoms with E-state index in [0.29, 0.717) is 17.7 Å². The summed E-state index contributed by atoms with van der Waals surface area (Å²) in [6.07, 6.45) is 0.313. The zero-order valence-electron chi connectivity index (χ0n) is 13.7. The lowest BCUT2D eigenvalue weighted by molar-refractivity contribution is -0.116. The fourth-order valence-electron chi connectivity index (χ4n) is 2.88. The lowest BCUT2D eigenvalue weighted by atomic mass is 9.88. The van der Waals surface area contributed by atoms with Crippen LogP contribution in [0, 0.1) is 11.3 Å². The number of hydrogen-bond donors (Lipinski definition) is 1. The predicted molar refractivity (Wildman–Crippen MR) is 99.1 cm³/mol. The number of benzene rings is 3. The molecule has 0 spiro atoms. The summed E-state index contributed by atoms with van der Waals surface area (Å²) in [7, 11) is 0. The predicted octanol–water partition coefficient (Wildman–Crippen LogP) is 4.72. The molecule has 0 aliphatic carbocycles. The van der Waals surface area contributed by atoms with Gasteiger partial charge < -0.3 is 5.32 Å². The summed E-state index contributed by atoms with van der Waals surface area (Å²) in [5, 5.41) is 12.0. The van der Waals surface area contributed by atoms with Gasteiger partial charge in [-0.05, 0) is 23.3 Å². The maximum absolute atomic E-state index is 12.6. The van der Waals surface area contributed by atoms with Crippen LogP contribution in [0.15, 0.2) is 84.9 Å². The van der Waals surface area contributed by atoms with Crippen molar-refractivity contribution in [1.29, 1.82) is 5.26 Å². The Labute approximate surface area is 147 Å². The number of rotatable bonds is 5. The van der Waals surface area contributed by atoms with Gasteiger partial charge in [-0.1, -0.05) is 72.8 Å². The second-order valence-electron chi connectivity index (χ2n) is 5.78. The van der Waals surface area contributed by atoms with E-state index in [9.17, 15) is 4.79 Å². The van der Waals surface area contributed by atoms with Gasteiger partial charge in [0, 0.05) is 12.3 Å². The molecule has 0 radical (unpaired) electrons. The third-order valence-electron chi connectivity index (χ3n) is 4.12. The molecule has 0 aromatic heterocycles. The first-order valence-corrected chi connectivity index (χ1v) is 8.17. The summed E-state index contributed by atoms with van der Waals surface area (Å²) >= 11 is 0. The van der Waals surface area contributed by atoms with Crippen LogP contribution in [-0.4, -0.2) is 5.91 Å². The maximum Gasteiger partial charge on any atom is 0.225 e. The molecule has 0 saturated heterocycles. The normalized spacial score (nSPS) is 10.2. The topological polar surface area (TPSA) is 52.9 Å². The highest BCUT2D eigenvalue weighted by Crippen LogP contribution is 2.28. The molecule has 1 amide bonds. The van der Waals surface area contributed by atoms with Crippen molar-refractivity contribution in [2.75, 3.05) is 5.32 Å². The molecule has 3 nitrogen and oxygen atoms in total. The van der Waals surface area contributed by atoms with E-state index >= 15 is 0 Å². The van der Waals surface area contributed by atoms with Crippen LogP contribution in [0.4, 0.5) is 5.69 Å². The SMILES string of the molecule is N#Cc1ccccc1NC(=O)CC(c1ccccc1)c1ccccc1. The number of para-hydroxylation sites is 1. The van der Waals surface area contributed by atoms with Crippen molar-refractivity contribution >= 4 is 11.6 Å². The summed E-state index contributed by atoms with van der Waals surface area (Å²) in [5.41, 5.74) is 3.21. The van der Waals surface area contributed by atoms with Gasteiger partial charge in [-0.15, -0.1) is 0 Å². The number of carbonyl (C=O) groups excluding carboxylic acids is 1. The van der Waals surface area contributed by atoms with Crippen LogP contribution in [0.1, 0.15) is 29.0 Å². The van der Waals surface area contributed by atoms with E-state index < -0.39 is 0 Å². The minimum atomic E-state index is -0.111. The van der Waals surface area contributed by atoms with Crippen LogP contribution in [0.5, 0.6) is 0 Å². The standard InChI is InChI=1S/C22H18N2O/c23-16-19-13-7-8-14-21(19)24-22(25)15-20(17-9-3-1-4-10-17)18-11-5-2-6-12-18/h1-14,20H,15H2,(H,24,25). The molecule has 0 saturated carbocycles. The number of amides is 1. The average molecular weight is 326 g/mol. The van der Waals surface area contributed by atoms with Crippen molar-refractivity contribution in [1.82, 2.24) is 0 Å². The molecule has 122 valence electrons. The molecular formula is C22H18N2O. The molecule has 3 heteroatoms. The molecule has 3 aromatic rings. The second-order valence-corrected chi connectivity index (χ2v) is 5.78. The van der Waals surface area contributed by atoms with E-state index in [4.69, 9.17) is 5.26 Å². The van der Waals surface area contributed by atoms with Crippen LogP contribution < -0.4 is 5.32 Å². The second kappa shape index (κ2) is 7.94. The van der Waals surface area contributed by atoms with E-state index in [1.54, 1.807) is 18.2 Å². The van der Waals surface area contributed by atoms with Crippen LogP contribution in [0.25, 0.3) is 0 Å². The lowest BCUT2D eigenvalue weighted by Crippen LogP contribution is -2.17. The van der Waals surface area contributed by atoms with Crippen LogP contribution in [0.2, 0.25) is 0 Å². The monoisotopic (exact) mass is 326 g/mol. The van der Waals surface area contributed by atoms with Gasteiger partial charge >= 0.3 is 0 Å². The Morgan fingerprint density at radius 1 is 0.840 bits per heavy atom. The summed E-state index contributed by atoms with van der Waals surface area (Å²) in [6, 6.07) is 29.1. The van der Waals surface area contributed by atoms with Gasteiger partial charge in [-0.25, -0.2) is 0 Å². The first-order valence-electron chi connectivity index (χ1n) is 8.17. The minimum absolute atomic E-state index is 0.0309. The highest BCUT2D eigenvalue weighted by atomic mass is 16.1. The molecular weight excluding hydrogens is 308 g/mol. The molecule has 3 aromatic carbocycles. The van der Waals surface area contributed by atoms with E-state index in [0.717, 1.165) is 11.1 Å². The van der Waals surface area contributed by atoms with Crippen LogP contribution in [0.3, 0.4) is 0 Å². The van der Waals surface area contributed by atoms with Gasteiger partial charge in [0.15, 0.2) is 0 Å². The first kappa shape index (κ1) is 16.5. The Kier molecular flexibility index (Phi) is 5.23. The van der Waals surface area contributed by atoms with Gasteiger partial charge in [0.2, 0.25) is 5.91 Å². The van der Waals surface area contributed by atoms with Crippen LogP contribution in [-0.2, 0) is 4.79 Å². The molecule has 0 aliphatic heterocycles. The smallest absolute Gasteiger partial charge is 0.225 e. The van der Waals surface area contributed by atoms with Crippen molar-refractivity contribution in [3.63, 3.8) is 0 Å². The highest BCUT2D eigenvalue weighted by molar-refractivity contribution is 5.92. The van der Waals surface area contributed by atoms with Crippen molar-refractivity contribution in [3.05, 3.63) is 102 Å². The average Bonchev–Trinajstić information content (AvgIpc) is 2.68. The molecule has 0 aliphatic rings. The van der Waals surface area contributed by atoms with Gasteiger partial charge in [0.05, 0.1) is 11.3 Å². The van der Waals surface area contributed by atoms with Gasteiger partial charge in [-0.2, -0.15) is 5.26 Å². The van der Waals surface area contributed by atoms with Gasteiger partial charge in [0.25, 0.3) is 0 Å². The highest BCUT2D eigenvalue weighted by Gasteiger charge is 2.18. The van der Waals surface area contributed by atoms with Crippen molar-refractivity contribution < 1.29 is 4.79 Å². The molecule has 0 unspecified atom stereocenters. The molecule has 25 heavy (non-hydrogen) atoms. The zero-order valence-corrected chi connectivity index (χ0v) is 13.7. The Morgan fingerprint density at radius 3 is 1.92 bits per heavy atom. The maximum atomic E-state index is 12.6. The summed E-state index contributed by atoms with van der Waals surface area (Å²) in [6.45, 7) is 0. The summed E-state index contributed by atoms with van der Waals surface area (Å²) < 4.78 is 0. The molecule has 0 atom stereocenters. The third kappa shape index (κ3) is 4.13. The van der Waals surface area contributed by atoms with Gasteiger partial charge in [-0.3, -0.25) is 4.79 Å². The van der Waals surface area contributed by atoms with Crippen molar-refractivity contribution in [3.8, 4) is 6.07 Å². The Balaban J connectivity index is 1.83. The fraction of sp³-hybridized carbons (Fsp3) is 0.0909. The Morgan fingerprint density at radius 2 is 1.36 bits per heavy atom. The van der Waals surface area contributed by atoms with E-state index in [1.807, 2.05) is 66.7 Å². The lowest BCUT2D eigenvalue weighted by Gasteiger charge is -2.18. The van der Waals surface area contributed by atoms with E-state index in [-0.39, 0.29) is 11.8 Å².